The van der Waals surface area contributed by atoms with E-state index < -0.39 is 10.0 Å². The van der Waals surface area contributed by atoms with Gasteiger partial charge in [0.2, 0.25) is 10.0 Å². The molecule has 0 aliphatic rings. The maximum absolute atomic E-state index is 12.5. The Kier molecular flexibility index (Phi) is 7.67. The van der Waals surface area contributed by atoms with Gasteiger partial charge in [0, 0.05) is 32.2 Å². The topological polar surface area (TPSA) is 69.7 Å². The van der Waals surface area contributed by atoms with Crippen LogP contribution in [0.5, 0.6) is 0 Å². The van der Waals surface area contributed by atoms with Crippen molar-refractivity contribution in [1.29, 1.82) is 0 Å². The minimum absolute atomic E-state index is 0.149. The average Bonchev–Trinajstić information content (AvgIpc) is 2.52. The van der Waals surface area contributed by atoms with Crippen LogP contribution in [0, 0.1) is 0 Å². The summed E-state index contributed by atoms with van der Waals surface area (Å²) in [6, 6.07) is 6.18. The minimum atomic E-state index is -3.56. The fourth-order valence-electron chi connectivity index (χ4n) is 1.97. The molecule has 0 spiro atoms. The molecule has 6 nitrogen and oxygen atoms in total. The van der Waals surface area contributed by atoms with Crippen LogP contribution in [0.4, 0.5) is 0 Å². The second kappa shape index (κ2) is 9.00. The Bertz CT molecular complexity index is 615. The second-order valence-electron chi connectivity index (χ2n) is 5.77. The Morgan fingerprint density at radius 2 is 1.87 bits per heavy atom. The van der Waals surface area contributed by atoms with E-state index in [0.29, 0.717) is 18.7 Å². The van der Waals surface area contributed by atoms with Gasteiger partial charge in [0.05, 0.1) is 4.90 Å². The summed E-state index contributed by atoms with van der Waals surface area (Å²) in [6.45, 7) is 3.72. The average molecular weight is 341 g/mol. The van der Waals surface area contributed by atoms with E-state index in [4.69, 9.17) is 0 Å². The molecule has 1 rings (SSSR count). The molecular formula is C16H27N3O3S. The lowest BCUT2D eigenvalue weighted by Crippen LogP contribution is -2.31. The summed E-state index contributed by atoms with van der Waals surface area (Å²) in [5.74, 6) is -0.264. The highest BCUT2D eigenvalue weighted by Crippen LogP contribution is 2.16. The van der Waals surface area contributed by atoms with Gasteiger partial charge in [0.1, 0.15) is 0 Å². The number of carbonyl (C=O) groups is 1. The molecule has 0 bridgehead atoms. The van der Waals surface area contributed by atoms with Crippen molar-refractivity contribution in [1.82, 2.24) is 14.5 Å². The molecule has 0 atom stereocenters. The number of hydrogen-bond acceptors (Lipinski definition) is 4. The number of rotatable bonds is 9. The lowest BCUT2D eigenvalue weighted by Gasteiger charge is -2.17. The van der Waals surface area contributed by atoms with Gasteiger partial charge in [-0.3, -0.25) is 4.79 Å². The highest BCUT2D eigenvalue weighted by Gasteiger charge is 2.21. The predicted molar refractivity (Wildman–Crippen MR) is 92.1 cm³/mol. The van der Waals surface area contributed by atoms with Crippen LogP contribution in [0.2, 0.25) is 0 Å². The van der Waals surface area contributed by atoms with Gasteiger partial charge < -0.3 is 10.2 Å². The van der Waals surface area contributed by atoms with Crippen LogP contribution >= 0.6 is 0 Å². The van der Waals surface area contributed by atoms with Crippen molar-refractivity contribution in [3.8, 4) is 0 Å². The maximum Gasteiger partial charge on any atom is 0.251 e. The molecule has 130 valence electrons. The molecule has 1 aromatic carbocycles. The first-order valence-electron chi connectivity index (χ1n) is 7.78. The Hall–Kier alpha value is -1.44. The van der Waals surface area contributed by atoms with E-state index >= 15 is 0 Å². The largest absolute Gasteiger partial charge is 0.351 e. The number of unbranched alkanes of at least 4 members (excludes halogenated alkanes) is 1. The fourth-order valence-corrected chi connectivity index (χ4v) is 3.23. The smallest absolute Gasteiger partial charge is 0.251 e. The molecule has 0 saturated carbocycles. The number of nitrogens with one attached hydrogen (secondary N) is 1. The third-order valence-electron chi connectivity index (χ3n) is 3.48. The van der Waals surface area contributed by atoms with Crippen LogP contribution in [0.3, 0.4) is 0 Å². The molecule has 0 heterocycles. The van der Waals surface area contributed by atoms with E-state index in [2.05, 4.69) is 5.32 Å². The standard InChI is InChI=1S/C16H27N3O3S/c1-5-6-11-19(4)23(21,22)15-9-7-8-14(13-15)16(20)17-10-12-18(2)3/h7-9,13H,5-6,10-12H2,1-4H3,(H,17,20). The minimum Gasteiger partial charge on any atom is -0.351 e. The SMILES string of the molecule is CCCCN(C)S(=O)(=O)c1cccc(C(=O)NCCN(C)C)c1. The molecule has 0 saturated heterocycles. The fraction of sp³-hybridized carbons (Fsp3) is 0.562. The van der Waals surface area contributed by atoms with Gasteiger partial charge in [0.25, 0.3) is 5.91 Å². The molecule has 1 N–H and O–H groups in total. The predicted octanol–water partition coefficient (Wildman–Crippen LogP) is 1.40. The van der Waals surface area contributed by atoms with Crippen molar-refractivity contribution in [2.45, 2.75) is 24.7 Å². The number of sulfonamides is 1. The van der Waals surface area contributed by atoms with Crippen molar-refractivity contribution in [2.75, 3.05) is 40.8 Å². The van der Waals surface area contributed by atoms with Gasteiger partial charge in [-0.05, 0) is 38.7 Å². The van der Waals surface area contributed by atoms with Gasteiger partial charge in [-0.2, -0.15) is 0 Å². The molecule has 0 aliphatic carbocycles. The van der Waals surface area contributed by atoms with Gasteiger partial charge in [-0.25, -0.2) is 12.7 Å². The van der Waals surface area contributed by atoms with E-state index in [1.54, 1.807) is 19.2 Å². The molecule has 1 amide bonds. The van der Waals surface area contributed by atoms with E-state index in [9.17, 15) is 13.2 Å². The van der Waals surface area contributed by atoms with Crippen molar-refractivity contribution < 1.29 is 13.2 Å². The molecule has 0 unspecified atom stereocenters. The number of benzene rings is 1. The lowest BCUT2D eigenvalue weighted by molar-refractivity contribution is 0.0951. The number of nitrogens with zero attached hydrogens (tertiary/aromatic N) is 2. The Labute approximate surface area is 139 Å². The first-order valence-corrected chi connectivity index (χ1v) is 9.22. The normalized spacial score (nSPS) is 11.9. The molecule has 0 radical (unpaired) electrons. The number of likely N-dealkylation sites (N-methyl/N-ethyl adjacent to an activating group) is 1. The molecule has 1 aromatic rings. The highest BCUT2D eigenvalue weighted by atomic mass is 32.2. The monoisotopic (exact) mass is 341 g/mol. The first-order chi connectivity index (χ1) is 10.8. The third-order valence-corrected chi connectivity index (χ3v) is 5.33. The van der Waals surface area contributed by atoms with Crippen LogP contribution in [-0.2, 0) is 10.0 Å². The summed E-state index contributed by atoms with van der Waals surface area (Å²) >= 11 is 0. The van der Waals surface area contributed by atoms with Crippen molar-refractivity contribution in [3.05, 3.63) is 29.8 Å². The van der Waals surface area contributed by atoms with Crippen LogP contribution < -0.4 is 5.32 Å². The zero-order chi connectivity index (χ0) is 17.5. The maximum atomic E-state index is 12.5. The van der Waals surface area contributed by atoms with Gasteiger partial charge in [-0.15, -0.1) is 0 Å². The van der Waals surface area contributed by atoms with Crippen molar-refractivity contribution in [3.63, 3.8) is 0 Å². The van der Waals surface area contributed by atoms with E-state index in [1.165, 1.54) is 16.4 Å². The number of hydrogen-bond donors (Lipinski definition) is 1. The summed E-state index contributed by atoms with van der Waals surface area (Å²) in [5.41, 5.74) is 0.355. The highest BCUT2D eigenvalue weighted by molar-refractivity contribution is 7.89. The Morgan fingerprint density at radius 1 is 1.17 bits per heavy atom. The molecular weight excluding hydrogens is 314 g/mol. The lowest BCUT2D eigenvalue weighted by atomic mass is 10.2. The molecule has 0 aromatic heterocycles. The van der Waals surface area contributed by atoms with Crippen molar-refractivity contribution in [2.24, 2.45) is 0 Å². The summed E-state index contributed by atoms with van der Waals surface area (Å²) < 4.78 is 26.3. The Morgan fingerprint density at radius 3 is 2.48 bits per heavy atom. The number of carbonyl (C=O) groups excluding carboxylic acids is 1. The zero-order valence-corrected chi connectivity index (χ0v) is 15.2. The second-order valence-corrected chi connectivity index (χ2v) is 7.81. The first kappa shape index (κ1) is 19.6. The van der Waals surface area contributed by atoms with Gasteiger partial charge in [-0.1, -0.05) is 19.4 Å². The van der Waals surface area contributed by atoms with Crippen LogP contribution in [0.25, 0.3) is 0 Å². The Balaban J connectivity index is 2.85. The van der Waals surface area contributed by atoms with Crippen molar-refractivity contribution >= 4 is 15.9 Å². The third kappa shape index (κ3) is 5.93. The summed E-state index contributed by atoms with van der Waals surface area (Å²) in [7, 11) is 1.85. The summed E-state index contributed by atoms with van der Waals surface area (Å²) in [6.07, 6.45) is 1.73. The van der Waals surface area contributed by atoms with Crippen LogP contribution in [0.15, 0.2) is 29.2 Å². The molecule has 0 aliphatic heterocycles. The van der Waals surface area contributed by atoms with Gasteiger partial charge >= 0.3 is 0 Å². The summed E-state index contributed by atoms with van der Waals surface area (Å²) in [5, 5.41) is 2.78. The molecule has 23 heavy (non-hydrogen) atoms. The molecule has 0 fully saturated rings. The van der Waals surface area contributed by atoms with E-state index in [1.807, 2.05) is 25.9 Å². The molecule has 7 heteroatoms. The van der Waals surface area contributed by atoms with Gasteiger partial charge in [0.15, 0.2) is 0 Å². The quantitative estimate of drug-likeness (QED) is 0.737. The van der Waals surface area contributed by atoms with E-state index in [0.717, 1.165) is 19.4 Å². The van der Waals surface area contributed by atoms with Crippen LogP contribution in [0.1, 0.15) is 30.1 Å². The summed E-state index contributed by atoms with van der Waals surface area (Å²) in [4.78, 5) is 14.2. The van der Waals surface area contributed by atoms with E-state index in [-0.39, 0.29) is 10.8 Å². The van der Waals surface area contributed by atoms with Crippen LogP contribution in [-0.4, -0.2) is 64.3 Å². The number of amides is 1. The zero-order valence-electron chi connectivity index (χ0n) is 14.4.